The molecule has 2 fully saturated rings. The Morgan fingerprint density at radius 3 is 2.69 bits per heavy atom. The van der Waals surface area contributed by atoms with E-state index in [1.807, 2.05) is 29.2 Å². The number of anilines is 1. The van der Waals surface area contributed by atoms with Gasteiger partial charge in [0.15, 0.2) is 0 Å². The Kier molecular flexibility index (Phi) is 5.11. The Hall–Kier alpha value is -2.47. The van der Waals surface area contributed by atoms with E-state index in [9.17, 15) is 4.79 Å². The number of aromatic nitrogens is 2. The van der Waals surface area contributed by atoms with Crippen LogP contribution in [0.2, 0.25) is 0 Å². The summed E-state index contributed by atoms with van der Waals surface area (Å²) in [6, 6.07) is 11.6. The molecule has 2 aromatic rings. The standard InChI is InChI=1S/C20H24N4O2/c25-20(24-10-12-26-13-11-24)17(14-15-4-2-1-3-5-15)22-18-8-9-21-19(23-18)16-6-7-16/h1-5,8-9,16-17H,6-7,10-14H2,(H,21,22,23). The van der Waals surface area contributed by atoms with Gasteiger partial charge in [0, 0.05) is 31.6 Å². The third kappa shape index (κ3) is 4.19. The molecule has 1 amide bonds. The van der Waals surface area contributed by atoms with Crippen molar-refractivity contribution in [1.29, 1.82) is 0 Å². The first-order chi connectivity index (χ1) is 12.8. The highest BCUT2D eigenvalue weighted by Gasteiger charge is 2.29. The molecule has 0 bridgehead atoms. The van der Waals surface area contributed by atoms with Crippen molar-refractivity contribution in [1.82, 2.24) is 14.9 Å². The number of hydrogen-bond donors (Lipinski definition) is 1. The summed E-state index contributed by atoms with van der Waals surface area (Å²) < 4.78 is 5.38. The maximum Gasteiger partial charge on any atom is 0.245 e. The summed E-state index contributed by atoms with van der Waals surface area (Å²) in [6.07, 6.45) is 4.72. The molecule has 1 unspecified atom stereocenters. The van der Waals surface area contributed by atoms with Gasteiger partial charge in [-0.25, -0.2) is 9.97 Å². The predicted molar refractivity (Wildman–Crippen MR) is 99.0 cm³/mol. The van der Waals surface area contributed by atoms with Crippen molar-refractivity contribution in [3.63, 3.8) is 0 Å². The molecule has 2 aliphatic rings. The first-order valence-electron chi connectivity index (χ1n) is 9.29. The predicted octanol–water partition coefficient (Wildman–Crippen LogP) is 2.24. The molecule has 2 heterocycles. The molecule has 1 N–H and O–H groups in total. The van der Waals surface area contributed by atoms with Crippen LogP contribution >= 0.6 is 0 Å². The monoisotopic (exact) mass is 352 g/mol. The van der Waals surface area contributed by atoms with Crippen molar-refractivity contribution < 1.29 is 9.53 Å². The Morgan fingerprint density at radius 1 is 1.19 bits per heavy atom. The Labute approximate surface area is 153 Å². The van der Waals surface area contributed by atoms with E-state index in [1.54, 1.807) is 6.20 Å². The molecule has 0 radical (unpaired) electrons. The lowest BCUT2D eigenvalue weighted by molar-refractivity contribution is -0.136. The van der Waals surface area contributed by atoms with Crippen LogP contribution in [0, 0.1) is 0 Å². The summed E-state index contributed by atoms with van der Waals surface area (Å²) in [5, 5.41) is 3.36. The molecule has 1 atom stereocenters. The summed E-state index contributed by atoms with van der Waals surface area (Å²) in [4.78, 5) is 24.0. The normalized spacial score (nSPS) is 18.4. The van der Waals surface area contributed by atoms with Gasteiger partial charge in [0.2, 0.25) is 5.91 Å². The van der Waals surface area contributed by atoms with E-state index in [0.717, 1.165) is 30.0 Å². The summed E-state index contributed by atoms with van der Waals surface area (Å²) in [5.74, 6) is 2.19. The van der Waals surface area contributed by atoms with Crippen molar-refractivity contribution in [3.05, 3.63) is 54.0 Å². The number of carbonyl (C=O) groups is 1. The second kappa shape index (κ2) is 7.83. The number of nitrogens with one attached hydrogen (secondary N) is 1. The number of benzene rings is 1. The average Bonchev–Trinajstić information content (AvgIpc) is 3.54. The van der Waals surface area contributed by atoms with Gasteiger partial charge in [-0.1, -0.05) is 30.3 Å². The third-order valence-electron chi connectivity index (χ3n) is 4.84. The lowest BCUT2D eigenvalue weighted by Gasteiger charge is -2.31. The molecule has 1 saturated heterocycles. The molecule has 1 aliphatic heterocycles. The lowest BCUT2D eigenvalue weighted by Crippen LogP contribution is -2.48. The maximum atomic E-state index is 13.1. The number of ether oxygens (including phenoxy) is 1. The number of morpholine rings is 1. The van der Waals surface area contributed by atoms with Gasteiger partial charge < -0.3 is 15.0 Å². The molecule has 6 nitrogen and oxygen atoms in total. The van der Waals surface area contributed by atoms with Gasteiger partial charge in [-0.05, 0) is 24.5 Å². The van der Waals surface area contributed by atoms with E-state index in [1.165, 1.54) is 0 Å². The Bertz CT molecular complexity index is 742. The van der Waals surface area contributed by atoms with Gasteiger partial charge in [-0.2, -0.15) is 0 Å². The molecule has 4 rings (SSSR count). The van der Waals surface area contributed by atoms with E-state index in [-0.39, 0.29) is 11.9 Å². The smallest absolute Gasteiger partial charge is 0.245 e. The van der Waals surface area contributed by atoms with Gasteiger partial charge in [0.1, 0.15) is 17.7 Å². The maximum absolute atomic E-state index is 13.1. The lowest BCUT2D eigenvalue weighted by atomic mass is 10.0. The molecule has 1 saturated carbocycles. The van der Waals surface area contributed by atoms with Crippen LogP contribution in [-0.2, 0) is 16.0 Å². The first-order valence-corrected chi connectivity index (χ1v) is 9.29. The molecule has 6 heteroatoms. The molecular weight excluding hydrogens is 328 g/mol. The molecule has 0 spiro atoms. The molecule has 1 aromatic heterocycles. The van der Waals surface area contributed by atoms with Crippen molar-refractivity contribution >= 4 is 11.7 Å². The zero-order valence-electron chi connectivity index (χ0n) is 14.8. The van der Waals surface area contributed by atoms with Crippen molar-refractivity contribution in [3.8, 4) is 0 Å². The number of amides is 1. The third-order valence-corrected chi connectivity index (χ3v) is 4.84. The average molecular weight is 352 g/mol. The van der Waals surface area contributed by atoms with E-state index < -0.39 is 0 Å². The highest BCUT2D eigenvalue weighted by molar-refractivity contribution is 5.85. The number of nitrogens with zero attached hydrogens (tertiary/aromatic N) is 3. The van der Waals surface area contributed by atoms with Crippen LogP contribution in [0.3, 0.4) is 0 Å². The van der Waals surface area contributed by atoms with Crippen LogP contribution in [0.4, 0.5) is 5.82 Å². The molecule has 136 valence electrons. The van der Waals surface area contributed by atoms with Crippen LogP contribution in [-0.4, -0.2) is 53.1 Å². The minimum Gasteiger partial charge on any atom is -0.378 e. The van der Waals surface area contributed by atoms with Crippen molar-refractivity contribution in [2.24, 2.45) is 0 Å². The van der Waals surface area contributed by atoms with E-state index >= 15 is 0 Å². The minimum absolute atomic E-state index is 0.101. The zero-order valence-corrected chi connectivity index (χ0v) is 14.8. The number of rotatable bonds is 6. The van der Waals surface area contributed by atoms with Crippen molar-refractivity contribution in [2.45, 2.75) is 31.2 Å². The fraction of sp³-hybridized carbons (Fsp3) is 0.450. The molecule has 1 aliphatic carbocycles. The number of hydrogen-bond acceptors (Lipinski definition) is 5. The van der Waals surface area contributed by atoms with Gasteiger partial charge in [0.05, 0.1) is 13.2 Å². The van der Waals surface area contributed by atoms with Crippen molar-refractivity contribution in [2.75, 3.05) is 31.6 Å². The largest absolute Gasteiger partial charge is 0.378 e. The van der Waals surface area contributed by atoms with Gasteiger partial charge in [0.25, 0.3) is 0 Å². The summed E-state index contributed by atoms with van der Waals surface area (Å²) in [6.45, 7) is 2.48. The number of carbonyl (C=O) groups excluding carboxylic acids is 1. The summed E-state index contributed by atoms with van der Waals surface area (Å²) >= 11 is 0. The first kappa shape index (κ1) is 17.0. The van der Waals surface area contributed by atoms with Crippen LogP contribution < -0.4 is 5.32 Å². The quantitative estimate of drug-likeness (QED) is 0.864. The molecular formula is C20H24N4O2. The fourth-order valence-corrected chi connectivity index (χ4v) is 3.22. The second-order valence-electron chi connectivity index (χ2n) is 6.90. The topological polar surface area (TPSA) is 67.4 Å². The molecule has 1 aromatic carbocycles. The van der Waals surface area contributed by atoms with E-state index in [4.69, 9.17) is 4.74 Å². The SMILES string of the molecule is O=C(C(Cc1ccccc1)Nc1ccnc(C2CC2)n1)N1CCOCC1. The van der Waals surface area contributed by atoms with E-state index in [2.05, 4.69) is 27.4 Å². The minimum atomic E-state index is -0.350. The summed E-state index contributed by atoms with van der Waals surface area (Å²) in [7, 11) is 0. The van der Waals surface area contributed by atoms with Crippen LogP contribution in [0.1, 0.15) is 30.1 Å². The van der Waals surface area contributed by atoms with Gasteiger partial charge >= 0.3 is 0 Å². The fourth-order valence-electron chi connectivity index (χ4n) is 3.22. The Balaban J connectivity index is 1.53. The van der Waals surface area contributed by atoms with E-state index in [0.29, 0.717) is 38.6 Å². The van der Waals surface area contributed by atoms with Gasteiger partial charge in [-0.3, -0.25) is 4.79 Å². The zero-order chi connectivity index (χ0) is 17.8. The highest BCUT2D eigenvalue weighted by atomic mass is 16.5. The Morgan fingerprint density at radius 2 is 1.96 bits per heavy atom. The van der Waals surface area contributed by atoms with Crippen LogP contribution in [0.15, 0.2) is 42.6 Å². The van der Waals surface area contributed by atoms with Crippen LogP contribution in [0.5, 0.6) is 0 Å². The molecule has 26 heavy (non-hydrogen) atoms. The highest BCUT2D eigenvalue weighted by Crippen LogP contribution is 2.38. The van der Waals surface area contributed by atoms with Gasteiger partial charge in [-0.15, -0.1) is 0 Å². The summed E-state index contributed by atoms with van der Waals surface area (Å²) in [5.41, 5.74) is 1.13. The second-order valence-corrected chi connectivity index (χ2v) is 6.90. The van der Waals surface area contributed by atoms with Crippen LogP contribution in [0.25, 0.3) is 0 Å².